The number of carbonyl (C=O) groups is 2. The fourth-order valence-electron chi connectivity index (χ4n) is 4.80. The average molecular weight is 591 g/mol. The lowest BCUT2D eigenvalue weighted by Crippen LogP contribution is -2.54. The number of piperazine rings is 1. The molecule has 3 fully saturated rings. The first-order valence-corrected chi connectivity index (χ1v) is 15.7. The highest BCUT2D eigenvalue weighted by Gasteiger charge is 2.37. The number of hydrogen-bond donors (Lipinski definition) is 2. The number of rotatable bonds is 10. The van der Waals surface area contributed by atoms with Crippen molar-refractivity contribution in [2.75, 3.05) is 44.7 Å². The van der Waals surface area contributed by atoms with Crippen LogP contribution in [0.5, 0.6) is 0 Å². The molecule has 3 N–H and O–H groups in total. The van der Waals surface area contributed by atoms with Crippen LogP contribution in [0.1, 0.15) is 36.6 Å². The molecule has 2 aromatic rings. The molecule has 1 aliphatic carbocycles. The van der Waals surface area contributed by atoms with E-state index in [2.05, 4.69) is 20.4 Å². The van der Waals surface area contributed by atoms with Crippen LogP contribution in [0.3, 0.4) is 0 Å². The number of nitrogens with zero attached hydrogens (tertiary/aromatic N) is 4. The number of aromatic nitrogens is 1. The van der Waals surface area contributed by atoms with Crippen LogP contribution in [0.15, 0.2) is 40.5 Å². The second-order valence-corrected chi connectivity index (χ2v) is 13.6. The highest BCUT2D eigenvalue weighted by atomic mass is 32.2. The van der Waals surface area contributed by atoms with Crippen LogP contribution in [0.25, 0.3) is 0 Å². The standard InChI is InChI=1S/C26H34N6O6S2/c1-17-14-31(9-10-32(17)23(33)12-27)15-20-13-28-26(39-20)29-25(34)24(30-38-19-8-11-37-16-19)18-2-4-21(5-3-18)40(35,36)22-6-7-22/h2-5,13,17,19,22H,6-12,14-16,27H2,1H3,(H,28,29,34)/b30-24+/t17-,19+/m0/s1. The maximum absolute atomic E-state index is 13.3. The summed E-state index contributed by atoms with van der Waals surface area (Å²) in [5, 5.41) is 7.05. The summed E-state index contributed by atoms with van der Waals surface area (Å²) >= 11 is 1.36. The third-order valence-electron chi connectivity index (χ3n) is 7.18. The van der Waals surface area contributed by atoms with Gasteiger partial charge in [-0.25, -0.2) is 13.4 Å². The van der Waals surface area contributed by atoms with Gasteiger partial charge in [-0.3, -0.25) is 19.8 Å². The van der Waals surface area contributed by atoms with Gasteiger partial charge in [0.25, 0.3) is 5.91 Å². The van der Waals surface area contributed by atoms with Gasteiger partial charge in [-0.1, -0.05) is 17.3 Å². The van der Waals surface area contributed by atoms with Gasteiger partial charge in [0.15, 0.2) is 26.8 Å². The number of sulfone groups is 1. The lowest BCUT2D eigenvalue weighted by molar-refractivity contribution is -0.134. The van der Waals surface area contributed by atoms with Crippen molar-refractivity contribution in [3.8, 4) is 0 Å². The summed E-state index contributed by atoms with van der Waals surface area (Å²) in [6, 6.07) is 6.23. The molecule has 2 amide bonds. The Morgan fingerprint density at radius 2 is 2.00 bits per heavy atom. The number of thiazole rings is 1. The molecular weight excluding hydrogens is 556 g/mol. The smallest absolute Gasteiger partial charge is 0.280 e. The van der Waals surface area contributed by atoms with E-state index in [0.29, 0.717) is 56.3 Å². The van der Waals surface area contributed by atoms with Gasteiger partial charge in [0.2, 0.25) is 5.91 Å². The third kappa shape index (κ3) is 6.69. The zero-order valence-electron chi connectivity index (χ0n) is 22.3. The van der Waals surface area contributed by atoms with Crippen molar-refractivity contribution in [2.24, 2.45) is 10.9 Å². The number of carbonyl (C=O) groups excluding carboxylic acids is 2. The van der Waals surface area contributed by atoms with Crippen LogP contribution in [0, 0.1) is 0 Å². The first-order chi connectivity index (χ1) is 19.2. The average Bonchev–Trinajstić information content (AvgIpc) is 3.53. The van der Waals surface area contributed by atoms with Crippen molar-refractivity contribution in [3.63, 3.8) is 0 Å². The largest absolute Gasteiger partial charge is 0.389 e. The summed E-state index contributed by atoms with van der Waals surface area (Å²) in [6.07, 6.45) is 3.49. The van der Waals surface area contributed by atoms with E-state index >= 15 is 0 Å². The molecule has 1 aromatic heterocycles. The molecule has 0 unspecified atom stereocenters. The van der Waals surface area contributed by atoms with Crippen molar-refractivity contribution in [2.45, 2.75) is 55.0 Å². The molecular formula is C26H34N6O6S2. The normalized spacial score (nSPS) is 22.4. The molecule has 0 radical (unpaired) electrons. The van der Waals surface area contributed by atoms with Crippen LogP contribution in [-0.2, 0) is 35.5 Å². The molecule has 2 aliphatic heterocycles. The summed E-state index contributed by atoms with van der Waals surface area (Å²) in [5.74, 6) is -0.559. The second-order valence-electron chi connectivity index (χ2n) is 10.3. The molecule has 2 atom stereocenters. The highest BCUT2D eigenvalue weighted by molar-refractivity contribution is 7.92. The number of hydrogen-bond acceptors (Lipinski definition) is 11. The molecule has 3 aliphatic rings. The summed E-state index contributed by atoms with van der Waals surface area (Å²) < 4.78 is 30.5. The van der Waals surface area contributed by atoms with Crippen LogP contribution in [-0.4, -0.2) is 97.5 Å². The Balaban J connectivity index is 1.26. The van der Waals surface area contributed by atoms with E-state index in [1.807, 2.05) is 11.8 Å². The van der Waals surface area contributed by atoms with Gasteiger partial charge in [-0.05, 0) is 31.9 Å². The molecule has 40 heavy (non-hydrogen) atoms. The minimum atomic E-state index is -3.35. The lowest BCUT2D eigenvalue weighted by Gasteiger charge is -2.39. The van der Waals surface area contributed by atoms with Gasteiger partial charge in [0.1, 0.15) is 0 Å². The Hall–Kier alpha value is -2.91. The molecule has 0 bridgehead atoms. The molecule has 216 valence electrons. The molecule has 5 rings (SSSR count). The Morgan fingerprint density at radius 3 is 2.65 bits per heavy atom. The van der Waals surface area contributed by atoms with Crippen LogP contribution in [0.2, 0.25) is 0 Å². The number of anilines is 1. The number of ether oxygens (including phenoxy) is 1. The maximum atomic E-state index is 13.3. The van der Waals surface area contributed by atoms with Crippen molar-refractivity contribution >= 4 is 43.8 Å². The van der Waals surface area contributed by atoms with Crippen molar-refractivity contribution in [1.82, 2.24) is 14.8 Å². The Bertz CT molecular complexity index is 1350. The zero-order chi connectivity index (χ0) is 28.3. The first-order valence-electron chi connectivity index (χ1n) is 13.4. The van der Waals surface area contributed by atoms with E-state index in [1.165, 1.54) is 23.5 Å². The first kappa shape index (κ1) is 28.6. The van der Waals surface area contributed by atoms with Crippen LogP contribution < -0.4 is 11.1 Å². The molecule has 14 heteroatoms. The Labute approximate surface area is 237 Å². The van der Waals surface area contributed by atoms with Gasteiger partial charge in [0, 0.05) is 55.3 Å². The molecule has 12 nitrogen and oxygen atoms in total. The van der Waals surface area contributed by atoms with Crippen LogP contribution in [0.4, 0.5) is 5.13 Å². The van der Waals surface area contributed by atoms with Gasteiger partial charge in [0.05, 0.1) is 29.9 Å². The highest BCUT2D eigenvalue weighted by Crippen LogP contribution is 2.33. The summed E-state index contributed by atoms with van der Waals surface area (Å²) in [6.45, 7) is 5.67. The minimum absolute atomic E-state index is 0.0106. The van der Waals surface area contributed by atoms with E-state index < -0.39 is 15.7 Å². The monoisotopic (exact) mass is 590 g/mol. The number of amides is 2. The van der Waals surface area contributed by atoms with E-state index in [0.717, 1.165) is 18.0 Å². The van der Waals surface area contributed by atoms with Crippen LogP contribution >= 0.6 is 11.3 Å². The van der Waals surface area contributed by atoms with Crippen molar-refractivity contribution < 1.29 is 27.6 Å². The van der Waals surface area contributed by atoms with Gasteiger partial charge < -0.3 is 20.2 Å². The van der Waals surface area contributed by atoms with E-state index in [-0.39, 0.29) is 40.5 Å². The number of nitrogens with two attached hydrogens (primary N) is 1. The molecule has 1 saturated carbocycles. The van der Waals surface area contributed by atoms with Crippen molar-refractivity contribution in [1.29, 1.82) is 0 Å². The Morgan fingerprint density at radius 1 is 1.23 bits per heavy atom. The predicted molar refractivity (Wildman–Crippen MR) is 150 cm³/mol. The summed E-state index contributed by atoms with van der Waals surface area (Å²) in [5.41, 5.74) is 5.97. The predicted octanol–water partition coefficient (Wildman–Crippen LogP) is 1.22. The second kappa shape index (κ2) is 12.3. The van der Waals surface area contributed by atoms with E-state index in [1.54, 1.807) is 18.3 Å². The van der Waals surface area contributed by atoms with Gasteiger partial charge >= 0.3 is 0 Å². The molecule has 1 aromatic carbocycles. The number of nitrogens with one attached hydrogen (secondary N) is 1. The molecule has 2 saturated heterocycles. The number of benzene rings is 1. The Kier molecular flexibility index (Phi) is 8.80. The van der Waals surface area contributed by atoms with E-state index in [4.69, 9.17) is 15.3 Å². The summed E-state index contributed by atoms with van der Waals surface area (Å²) in [7, 11) is -3.35. The molecule has 0 spiro atoms. The quantitative estimate of drug-likeness (QED) is 0.307. The van der Waals surface area contributed by atoms with Gasteiger partial charge in [-0.2, -0.15) is 0 Å². The minimum Gasteiger partial charge on any atom is -0.389 e. The lowest BCUT2D eigenvalue weighted by atomic mass is 10.1. The SMILES string of the molecule is C[C@H]1CN(Cc2cnc(NC(=O)/C(=N/O[C@@H]3CCOC3)c3ccc(S(=O)(=O)C4CC4)cc3)s2)CCN1C(=O)CN. The van der Waals surface area contributed by atoms with Crippen molar-refractivity contribution in [3.05, 3.63) is 40.9 Å². The topological polar surface area (TPSA) is 157 Å². The fraction of sp³-hybridized carbons (Fsp3) is 0.538. The number of oxime groups is 1. The summed E-state index contributed by atoms with van der Waals surface area (Å²) in [4.78, 5) is 40.5. The fourth-order valence-corrected chi connectivity index (χ4v) is 7.31. The van der Waals surface area contributed by atoms with Gasteiger partial charge in [-0.15, -0.1) is 11.3 Å². The third-order valence-corrected chi connectivity index (χ3v) is 10.4. The maximum Gasteiger partial charge on any atom is 0.280 e. The van der Waals surface area contributed by atoms with E-state index in [9.17, 15) is 18.0 Å². The molecule has 3 heterocycles. The zero-order valence-corrected chi connectivity index (χ0v) is 24.0.